The Hall–Kier alpha value is -2.77. The van der Waals surface area contributed by atoms with Crippen LogP contribution >= 0.6 is 22.7 Å². The van der Waals surface area contributed by atoms with Gasteiger partial charge in [0.2, 0.25) is 0 Å². The summed E-state index contributed by atoms with van der Waals surface area (Å²) >= 11 is 3.07. The molecule has 7 heteroatoms. The molecule has 0 atom stereocenters. The van der Waals surface area contributed by atoms with Crippen molar-refractivity contribution in [3.63, 3.8) is 0 Å². The molecule has 4 rings (SSSR count). The van der Waals surface area contributed by atoms with Crippen LogP contribution in [0.4, 0.5) is 17.1 Å². The zero-order chi connectivity index (χ0) is 19.0. The average Bonchev–Trinajstić information content (AvgIpc) is 3.24. The largest absolute Gasteiger partial charge is 0.377 e. The van der Waals surface area contributed by atoms with Crippen molar-refractivity contribution in [2.45, 2.75) is 6.92 Å². The van der Waals surface area contributed by atoms with Gasteiger partial charge in [-0.2, -0.15) is 0 Å². The Balaban J connectivity index is 1.74. The number of fused-ring (bicyclic) bond motifs is 2. The van der Waals surface area contributed by atoms with E-state index in [1.54, 1.807) is 23.9 Å². The van der Waals surface area contributed by atoms with Crippen molar-refractivity contribution in [1.29, 1.82) is 0 Å². The quantitative estimate of drug-likeness (QED) is 0.277. The molecule has 0 saturated heterocycles. The zero-order valence-corrected chi connectivity index (χ0v) is 16.8. The molecule has 0 bridgehead atoms. The van der Waals surface area contributed by atoms with Crippen molar-refractivity contribution in [3.05, 3.63) is 46.3 Å². The van der Waals surface area contributed by atoms with Gasteiger partial charge in [-0.15, -0.1) is 22.7 Å². The summed E-state index contributed by atoms with van der Waals surface area (Å²) in [5.41, 5.74) is 3.93. The van der Waals surface area contributed by atoms with Crippen LogP contribution in [0.5, 0.6) is 0 Å². The van der Waals surface area contributed by atoms with E-state index in [0.717, 1.165) is 27.9 Å². The van der Waals surface area contributed by atoms with Gasteiger partial charge >= 0.3 is 0 Å². The summed E-state index contributed by atoms with van der Waals surface area (Å²) in [5, 5.41) is 7.43. The summed E-state index contributed by atoms with van der Waals surface area (Å²) in [6.07, 6.45) is 4.26. The third-order valence-electron chi connectivity index (χ3n) is 4.37. The number of hydrogen-bond donors (Lipinski definition) is 1. The van der Waals surface area contributed by atoms with Gasteiger partial charge in [0.15, 0.2) is 6.29 Å². The number of carbonyl (C=O) groups excluding carboxylic acids is 1. The first-order valence-electron chi connectivity index (χ1n) is 8.40. The van der Waals surface area contributed by atoms with Crippen LogP contribution in [0, 0.1) is 6.92 Å². The number of hydrogen-bond acceptors (Lipinski definition) is 6. The predicted molar refractivity (Wildman–Crippen MR) is 118 cm³/mol. The van der Waals surface area contributed by atoms with Crippen LogP contribution in [0.25, 0.3) is 20.3 Å². The molecule has 136 valence electrons. The second kappa shape index (κ2) is 7.09. The number of benzene rings is 1. The van der Waals surface area contributed by atoms with Crippen LogP contribution in [0.15, 0.2) is 40.8 Å². The minimum absolute atomic E-state index is 0.580. The first-order valence-corrected chi connectivity index (χ1v) is 10.1. The lowest BCUT2D eigenvalue weighted by Crippen LogP contribution is -2.08. The van der Waals surface area contributed by atoms with Crippen molar-refractivity contribution in [1.82, 2.24) is 4.98 Å². The first-order chi connectivity index (χ1) is 13.1. The minimum Gasteiger partial charge on any atom is -0.377 e. The van der Waals surface area contributed by atoms with Crippen LogP contribution < -0.4 is 10.2 Å². The summed E-state index contributed by atoms with van der Waals surface area (Å²) in [4.78, 5) is 24.0. The monoisotopic (exact) mass is 394 g/mol. The topological polar surface area (TPSA) is 57.6 Å². The highest BCUT2D eigenvalue weighted by Crippen LogP contribution is 2.41. The molecule has 0 radical (unpaired) electrons. The molecule has 0 aliphatic rings. The molecule has 27 heavy (non-hydrogen) atoms. The summed E-state index contributed by atoms with van der Waals surface area (Å²) in [7, 11) is 3.94. The standard InChI is InChI=1S/C20H18N4OS2/c1-12-5-4-6-13-14(10-26-19(12)13)22-11-23-18-16(9-25)27-20-17(18)15(24(2)3)7-8-21-20/h4-11H,1-3H3,(H,22,23). The summed E-state index contributed by atoms with van der Waals surface area (Å²) in [6, 6.07) is 8.20. The zero-order valence-electron chi connectivity index (χ0n) is 15.2. The van der Waals surface area contributed by atoms with Gasteiger partial charge < -0.3 is 10.2 Å². The molecule has 0 unspecified atom stereocenters. The highest BCUT2D eigenvalue weighted by Gasteiger charge is 2.16. The lowest BCUT2D eigenvalue weighted by atomic mass is 10.2. The van der Waals surface area contributed by atoms with E-state index in [-0.39, 0.29) is 0 Å². The molecule has 1 N–H and O–H groups in total. The number of aryl methyl sites for hydroxylation is 1. The highest BCUT2D eigenvalue weighted by molar-refractivity contribution is 7.21. The molecule has 1 aromatic carbocycles. The molecule has 0 aliphatic carbocycles. The molecule has 0 spiro atoms. The third kappa shape index (κ3) is 3.09. The van der Waals surface area contributed by atoms with Crippen molar-refractivity contribution in [3.8, 4) is 0 Å². The minimum atomic E-state index is 0.580. The molecular formula is C20H18N4OS2. The van der Waals surface area contributed by atoms with Gasteiger partial charge in [-0.05, 0) is 18.6 Å². The van der Waals surface area contributed by atoms with Crippen molar-refractivity contribution in [2.24, 2.45) is 4.99 Å². The number of pyridine rings is 1. The van der Waals surface area contributed by atoms with E-state index in [4.69, 9.17) is 0 Å². The Kier molecular flexibility index (Phi) is 4.63. The van der Waals surface area contributed by atoms with Gasteiger partial charge in [0.25, 0.3) is 0 Å². The maximum absolute atomic E-state index is 11.6. The van der Waals surface area contributed by atoms with Crippen molar-refractivity contribution < 1.29 is 4.79 Å². The Morgan fingerprint density at radius 2 is 2.11 bits per heavy atom. The Morgan fingerprint density at radius 3 is 2.89 bits per heavy atom. The fourth-order valence-corrected chi connectivity index (χ4v) is 4.98. The van der Waals surface area contributed by atoms with Gasteiger partial charge in [0, 0.05) is 35.8 Å². The number of rotatable bonds is 5. The van der Waals surface area contributed by atoms with Gasteiger partial charge in [0.1, 0.15) is 4.83 Å². The lowest BCUT2D eigenvalue weighted by Gasteiger charge is -2.13. The number of aldehydes is 1. The van der Waals surface area contributed by atoms with E-state index in [0.29, 0.717) is 10.6 Å². The second-order valence-electron chi connectivity index (χ2n) is 6.34. The smallest absolute Gasteiger partial charge is 0.162 e. The SMILES string of the molecule is Cc1cccc2c(NC=Nc3c(C=O)sc4nccc(N(C)C)c34)csc12. The van der Waals surface area contributed by atoms with Crippen LogP contribution in [0.3, 0.4) is 0 Å². The van der Waals surface area contributed by atoms with E-state index in [1.165, 1.54) is 27.0 Å². The van der Waals surface area contributed by atoms with Crippen LogP contribution in [0.2, 0.25) is 0 Å². The molecular weight excluding hydrogens is 376 g/mol. The average molecular weight is 395 g/mol. The van der Waals surface area contributed by atoms with Gasteiger partial charge in [-0.25, -0.2) is 9.98 Å². The molecule has 0 fully saturated rings. The summed E-state index contributed by atoms with van der Waals surface area (Å²) < 4.78 is 1.27. The number of aromatic nitrogens is 1. The van der Waals surface area contributed by atoms with Gasteiger partial charge in [-0.3, -0.25) is 4.79 Å². The molecule has 3 heterocycles. The molecule has 5 nitrogen and oxygen atoms in total. The number of thiophene rings is 2. The van der Waals surface area contributed by atoms with E-state index in [2.05, 4.69) is 45.8 Å². The Bertz CT molecular complexity index is 1170. The lowest BCUT2D eigenvalue weighted by molar-refractivity contribution is 0.112. The van der Waals surface area contributed by atoms with Gasteiger partial charge in [-0.1, -0.05) is 18.2 Å². The number of anilines is 2. The van der Waals surface area contributed by atoms with E-state index < -0.39 is 0 Å². The molecule has 0 aliphatic heterocycles. The molecule has 3 aromatic heterocycles. The Morgan fingerprint density at radius 1 is 1.26 bits per heavy atom. The van der Waals surface area contributed by atoms with Gasteiger partial charge in [0.05, 0.1) is 33.7 Å². The van der Waals surface area contributed by atoms with Crippen LogP contribution in [0.1, 0.15) is 15.2 Å². The number of nitrogens with one attached hydrogen (secondary N) is 1. The fraction of sp³-hybridized carbons (Fsp3) is 0.150. The summed E-state index contributed by atoms with van der Waals surface area (Å²) in [5.74, 6) is 0. The maximum Gasteiger partial charge on any atom is 0.162 e. The van der Waals surface area contributed by atoms with E-state index in [9.17, 15) is 4.79 Å². The van der Waals surface area contributed by atoms with E-state index in [1.807, 2.05) is 25.1 Å². The summed E-state index contributed by atoms with van der Waals surface area (Å²) in [6.45, 7) is 2.11. The Labute approximate surface area is 165 Å². The number of carbonyl (C=O) groups is 1. The number of aliphatic imine (C=N–C) groups is 1. The van der Waals surface area contributed by atoms with Crippen molar-refractivity contribution >= 4 is 72.7 Å². The highest BCUT2D eigenvalue weighted by atomic mass is 32.1. The molecule has 0 amide bonds. The first kappa shape index (κ1) is 17.6. The normalized spacial score (nSPS) is 11.5. The van der Waals surface area contributed by atoms with Crippen molar-refractivity contribution in [2.75, 3.05) is 24.3 Å². The number of nitrogens with zero attached hydrogens (tertiary/aromatic N) is 3. The molecule has 4 aromatic rings. The third-order valence-corrected chi connectivity index (χ3v) is 6.51. The second-order valence-corrected chi connectivity index (χ2v) is 8.25. The van der Waals surface area contributed by atoms with E-state index >= 15 is 0 Å². The fourth-order valence-electron chi connectivity index (χ4n) is 3.07. The maximum atomic E-state index is 11.6. The van der Waals surface area contributed by atoms with Crippen LogP contribution in [-0.2, 0) is 0 Å². The predicted octanol–water partition coefficient (Wildman–Crippen LogP) is 5.47. The molecule has 0 saturated carbocycles. The van der Waals surface area contributed by atoms with Crippen LogP contribution in [-0.4, -0.2) is 31.7 Å².